The van der Waals surface area contributed by atoms with Gasteiger partial charge in [-0.05, 0) is 49.9 Å². The van der Waals surface area contributed by atoms with Crippen molar-refractivity contribution in [3.05, 3.63) is 41.8 Å². The highest BCUT2D eigenvalue weighted by Crippen LogP contribution is 2.15. The van der Waals surface area contributed by atoms with Gasteiger partial charge in [-0.1, -0.05) is 13.3 Å². The number of carbonyl (C=O) groups excluding carboxylic acids is 1. The van der Waals surface area contributed by atoms with E-state index < -0.39 is 0 Å². The van der Waals surface area contributed by atoms with Crippen molar-refractivity contribution < 1.29 is 14.3 Å². The third-order valence-corrected chi connectivity index (χ3v) is 3.99. The quantitative estimate of drug-likeness (QED) is 0.685. The number of urea groups is 1. The van der Waals surface area contributed by atoms with E-state index in [0.29, 0.717) is 18.8 Å². The van der Waals surface area contributed by atoms with Crippen molar-refractivity contribution in [2.45, 2.75) is 33.1 Å². The SMILES string of the molecule is CCCC(CCO)CNC(=O)Nc1cc(C)n(-c2ccc(F)cc2)n1. The number of benzene rings is 1. The summed E-state index contributed by atoms with van der Waals surface area (Å²) in [5.74, 6) is 0.378. The Morgan fingerprint density at radius 2 is 2.04 bits per heavy atom. The number of aromatic nitrogens is 2. The predicted octanol–water partition coefficient (Wildman–Crippen LogP) is 3.24. The van der Waals surface area contributed by atoms with Crippen LogP contribution in [-0.2, 0) is 0 Å². The van der Waals surface area contributed by atoms with Crippen LogP contribution >= 0.6 is 0 Å². The zero-order chi connectivity index (χ0) is 18.2. The van der Waals surface area contributed by atoms with Crippen molar-refractivity contribution in [2.24, 2.45) is 5.92 Å². The third kappa shape index (κ3) is 5.56. The number of nitrogens with one attached hydrogen (secondary N) is 2. The fraction of sp³-hybridized carbons (Fsp3) is 0.444. The minimum absolute atomic E-state index is 0.120. The fourth-order valence-electron chi connectivity index (χ4n) is 2.72. The number of anilines is 1. The summed E-state index contributed by atoms with van der Waals surface area (Å²) < 4.78 is 14.7. The van der Waals surface area contributed by atoms with Gasteiger partial charge in [-0.2, -0.15) is 0 Å². The second-order valence-corrected chi connectivity index (χ2v) is 6.06. The molecular formula is C18H25FN4O2. The molecule has 0 spiro atoms. The molecule has 7 heteroatoms. The molecule has 136 valence electrons. The van der Waals surface area contributed by atoms with Crippen LogP contribution in [0.1, 0.15) is 31.9 Å². The van der Waals surface area contributed by atoms with Crippen molar-refractivity contribution in [2.75, 3.05) is 18.5 Å². The first-order chi connectivity index (χ1) is 12.0. The highest BCUT2D eigenvalue weighted by Gasteiger charge is 2.12. The number of halogens is 1. The number of hydrogen-bond acceptors (Lipinski definition) is 3. The molecule has 0 bridgehead atoms. The summed E-state index contributed by atoms with van der Waals surface area (Å²) >= 11 is 0. The van der Waals surface area contributed by atoms with Crippen molar-refractivity contribution in [1.29, 1.82) is 0 Å². The number of aliphatic hydroxyl groups excluding tert-OH is 1. The van der Waals surface area contributed by atoms with E-state index in [1.807, 2.05) is 6.92 Å². The third-order valence-electron chi connectivity index (χ3n) is 3.99. The van der Waals surface area contributed by atoms with Gasteiger partial charge in [0.1, 0.15) is 5.82 Å². The minimum Gasteiger partial charge on any atom is -0.396 e. The molecular weight excluding hydrogens is 323 g/mol. The molecule has 1 aromatic heterocycles. The van der Waals surface area contributed by atoms with Gasteiger partial charge in [0.25, 0.3) is 0 Å². The summed E-state index contributed by atoms with van der Waals surface area (Å²) in [4.78, 5) is 12.0. The maximum atomic E-state index is 13.0. The second kappa shape index (κ2) is 9.17. The van der Waals surface area contributed by atoms with Gasteiger partial charge in [-0.25, -0.2) is 13.9 Å². The lowest BCUT2D eigenvalue weighted by atomic mass is 10.0. The minimum atomic E-state index is -0.331. The molecule has 0 aliphatic heterocycles. The number of carbonyl (C=O) groups is 1. The molecule has 0 saturated carbocycles. The molecule has 2 amide bonds. The molecule has 0 aliphatic carbocycles. The molecule has 2 rings (SSSR count). The highest BCUT2D eigenvalue weighted by molar-refractivity contribution is 5.88. The standard InChI is InChI=1S/C18H25FN4O2/c1-3-4-14(9-10-24)12-20-18(25)21-17-11-13(2)23(22-17)16-7-5-15(19)6-8-16/h5-8,11,14,24H,3-4,9-10,12H2,1-2H3,(H2,20,21,22,25). The Hall–Kier alpha value is -2.41. The second-order valence-electron chi connectivity index (χ2n) is 6.06. The topological polar surface area (TPSA) is 79.2 Å². The lowest BCUT2D eigenvalue weighted by Crippen LogP contribution is -2.33. The molecule has 0 fully saturated rings. The molecule has 1 aromatic carbocycles. The molecule has 0 saturated heterocycles. The van der Waals surface area contributed by atoms with Crippen LogP contribution in [0.5, 0.6) is 0 Å². The van der Waals surface area contributed by atoms with Crippen molar-refractivity contribution >= 4 is 11.8 Å². The van der Waals surface area contributed by atoms with Gasteiger partial charge in [0.2, 0.25) is 0 Å². The Morgan fingerprint density at radius 1 is 1.32 bits per heavy atom. The van der Waals surface area contributed by atoms with E-state index in [1.54, 1.807) is 22.9 Å². The molecule has 1 unspecified atom stereocenters. The molecule has 25 heavy (non-hydrogen) atoms. The number of hydrogen-bond donors (Lipinski definition) is 3. The number of nitrogens with zero attached hydrogens (tertiary/aromatic N) is 2. The van der Waals surface area contributed by atoms with E-state index >= 15 is 0 Å². The maximum absolute atomic E-state index is 13.0. The van der Waals surface area contributed by atoms with Gasteiger partial charge < -0.3 is 10.4 Å². The molecule has 1 heterocycles. The summed E-state index contributed by atoms with van der Waals surface area (Å²) in [7, 11) is 0. The van der Waals surface area contributed by atoms with Crippen molar-refractivity contribution in [1.82, 2.24) is 15.1 Å². The van der Waals surface area contributed by atoms with Crippen LogP contribution in [0.2, 0.25) is 0 Å². The molecule has 0 radical (unpaired) electrons. The van der Waals surface area contributed by atoms with Crippen LogP contribution in [0.3, 0.4) is 0 Å². The Bertz CT molecular complexity index is 679. The Morgan fingerprint density at radius 3 is 2.68 bits per heavy atom. The Balaban J connectivity index is 1.95. The number of amides is 2. The van der Waals surface area contributed by atoms with Crippen LogP contribution in [-0.4, -0.2) is 34.1 Å². The lowest BCUT2D eigenvalue weighted by molar-refractivity contribution is 0.236. The van der Waals surface area contributed by atoms with E-state index in [-0.39, 0.29) is 24.4 Å². The summed E-state index contributed by atoms with van der Waals surface area (Å²) in [6.45, 7) is 4.57. The van der Waals surface area contributed by atoms with Gasteiger partial charge in [-0.15, -0.1) is 5.10 Å². The van der Waals surface area contributed by atoms with E-state index in [0.717, 1.165) is 24.2 Å². The number of aryl methyl sites for hydroxylation is 1. The average Bonchev–Trinajstić information content (AvgIpc) is 2.94. The average molecular weight is 348 g/mol. The highest BCUT2D eigenvalue weighted by atomic mass is 19.1. The van der Waals surface area contributed by atoms with Crippen LogP contribution in [0.4, 0.5) is 15.0 Å². The zero-order valence-corrected chi connectivity index (χ0v) is 14.6. The monoisotopic (exact) mass is 348 g/mol. The normalized spacial score (nSPS) is 12.0. The summed E-state index contributed by atoms with van der Waals surface area (Å²) in [6.07, 6.45) is 2.64. The lowest BCUT2D eigenvalue weighted by Gasteiger charge is -2.15. The predicted molar refractivity (Wildman–Crippen MR) is 95.4 cm³/mol. The van der Waals surface area contributed by atoms with Crippen molar-refractivity contribution in [3.63, 3.8) is 0 Å². The fourth-order valence-corrected chi connectivity index (χ4v) is 2.72. The summed E-state index contributed by atoms with van der Waals surface area (Å²) in [6, 6.07) is 7.41. The van der Waals surface area contributed by atoms with Gasteiger partial charge in [0.05, 0.1) is 5.69 Å². The first kappa shape index (κ1) is 18.9. The molecule has 0 aliphatic rings. The largest absolute Gasteiger partial charge is 0.396 e. The smallest absolute Gasteiger partial charge is 0.320 e. The van der Waals surface area contributed by atoms with Gasteiger partial charge in [-0.3, -0.25) is 5.32 Å². The van der Waals surface area contributed by atoms with Crippen LogP contribution in [0.15, 0.2) is 30.3 Å². The number of aliphatic hydroxyl groups is 1. The maximum Gasteiger partial charge on any atom is 0.320 e. The van der Waals surface area contributed by atoms with Crippen LogP contribution in [0.25, 0.3) is 5.69 Å². The molecule has 6 nitrogen and oxygen atoms in total. The first-order valence-corrected chi connectivity index (χ1v) is 8.51. The molecule has 2 aromatic rings. The first-order valence-electron chi connectivity index (χ1n) is 8.51. The van der Waals surface area contributed by atoms with E-state index in [9.17, 15) is 9.18 Å². The Labute approximate surface area is 147 Å². The summed E-state index contributed by atoms with van der Waals surface area (Å²) in [5, 5.41) is 18.9. The molecule has 3 N–H and O–H groups in total. The Kier molecular flexibility index (Phi) is 6.94. The molecule has 1 atom stereocenters. The van der Waals surface area contributed by atoms with Gasteiger partial charge >= 0.3 is 6.03 Å². The van der Waals surface area contributed by atoms with E-state index in [2.05, 4.69) is 22.7 Å². The van der Waals surface area contributed by atoms with E-state index in [1.165, 1.54) is 12.1 Å². The van der Waals surface area contributed by atoms with E-state index in [4.69, 9.17) is 5.11 Å². The van der Waals surface area contributed by atoms with Crippen LogP contribution < -0.4 is 10.6 Å². The summed E-state index contributed by atoms with van der Waals surface area (Å²) in [5.41, 5.74) is 1.55. The van der Waals surface area contributed by atoms with Gasteiger partial charge in [0.15, 0.2) is 5.82 Å². The van der Waals surface area contributed by atoms with Gasteiger partial charge in [0, 0.05) is 24.9 Å². The van der Waals surface area contributed by atoms with Crippen LogP contribution in [0, 0.1) is 18.7 Å². The number of rotatable bonds is 8. The van der Waals surface area contributed by atoms with Crippen molar-refractivity contribution in [3.8, 4) is 5.69 Å². The zero-order valence-electron chi connectivity index (χ0n) is 14.6.